The van der Waals surface area contributed by atoms with Gasteiger partial charge in [-0.1, -0.05) is 32.4 Å². The van der Waals surface area contributed by atoms with Crippen LogP contribution in [0.25, 0.3) is 0 Å². The van der Waals surface area contributed by atoms with Gasteiger partial charge < -0.3 is 25.0 Å². The fourth-order valence-corrected chi connectivity index (χ4v) is 7.99. The zero-order chi connectivity index (χ0) is 28.3. The van der Waals surface area contributed by atoms with Crippen molar-refractivity contribution >= 4 is 23.6 Å². The number of amides is 1. The molecule has 0 saturated heterocycles. The van der Waals surface area contributed by atoms with E-state index in [-0.39, 0.29) is 42.3 Å². The summed E-state index contributed by atoms with van der Waals surface area (Å²) in [4.78, 5) is 49.4. The predicted molar refractivity (Wildman–Crippen MR) is 138 cm³/mol. The molecule has 38 heavy (non-hydrogen) atoms. The average Bonchev–Trinajstić information content (AvgIpc) is 3.07. The van der Waals surface area contributed by atoms with Gasteiger partial charge in [0.2, 0.25) is 5.78 Å². The van der Waals surface area contributed by atoms with Crippen LogP contribution < -0.4 is 5.32 Å². The Morgan fingerprint density at radius 3 is 2.55 bits per heavy atom. The molecule has 0 aliphatic heterocycles. The molecule has 3 saturated carbocycles. The molecule has 8 atom stereocenters. The van der Waals surface area contributed by atoms with Crippen molar-refractivity contribution in [3.8, 4) is 0 Å². The number of carbonyl (C=O) groups excluding carboxylic acids is 4. The van der Waals surface area contributed by atoms with Crippen molar-refractivity contribution in [1.82, 2.24) is 5.32 Å². The van der Waals surface area contributed by atoms with Gasteiger partial charge in [0.25, 0.3) is 0 Å². The van der Waals surface area contributed by atoms with Gasteiger partial charge in [0, 0.05) is 16.7 Å². The van der Waals surface area contributed by atoms with Gasteiger partial charge in [0.15, 0.2) is 12.4 Å². The number of hydrogen-bond acceptors (Lipinski definition) is 8. The standard InChI is InChI=1S/C29H41NO8/c1-16-11-18-19-8-10-29(36,22(33)15-37-23(34)14-30-25(35)38-26(2,3)4)28(19,6)13-21(32)24(18)27(5)9-7-17(31)12-20(16)27/h7,9,12,16,18-19,21,24,32,36H,8,10-11,13-15H2,1-6H3,(H,30,35)/t16-,18-,19-,21-,24+,27-,28-,29-/m0/s1. The Kier molecular flexibility index (Phi) is 7.19. The third-order valence-corrected chi connectivity index (χ3v) is 9.57. The lowest BCUT2D eigenvalue weighted by Gasteiger charge is -2.60. The highest BCUT2D eigenvalue weighted by Gasteiger charge is 2.68. The highest BCUT2D eigenvalue weighted by Crippen LogP contribution is 2.67. The summed E-state index contributed by atoms with van der Waals surface area (Å²) in [6, 6.07) is 0. The van der Waals surface area contributed by atoms with Crippen molar-refractivity contribution in [2.45, 2.75) is 84.5 Å². The highest BCUT2D eigenvalue weighted by molar-refractivity contribution is 6.01. The number of allylic oxidation sites excluding steroid dienone is 4. The quantitative estimate of drug-likeness (QED) is 0.460. The number of hydrogen-bond donors (Lipinski definition) is 3. The molecule has 0 spiro atoms. The number of Topliss-reactive ketones (excluding diaryl/α,β-unsaturated/α-hetero) is 1. The molecule has 0 aromatic rings. The first-order valence-corrected chi connectivity index (χ1v) is 13.5. The number of nitrogens with one attached hydrogen (secondary N) is 1. The van der Waals surface area contributed by atoms with Crippen LogP contribution in [0.1, 0.15) is 67.2 Å². The first-order valence-electron chi connectivity index (χ1n) is 13.5. The van der Waals surface area contributed by atoms with E-state index < -0.39 is 59.1 Å². The van der Waals surface area contributed by atoms with E-state index >= 15 is 0 Å². The predicted octanol–water partition coefficient (Wildman–Crippen LogP) is 2.88. The molecular weight excluding hydrogens is 490 g/mol. The lowest BCUT2D eigenvalue weighted by molar-refractivity contribution is -0.182. The van der Waals surface area contributed by atoms with Gasteiger partial charge in [0.1, 0.15) is 17.7 Å². The van der Waals surface area contributed by atoms with Crippen LogP contribution in [0, 0.1) is 34.5 Å². The van der Waals surface area contributed by atoms with Gasteiger partial charge in [0.05, 0.1) is 6.10 Å². The zero-order valence-corrected chi connectivity index (χ0v) is 23.2. The summed E-state index contributed by atoms with van der Waals surface area (Å²) >= 11 is 0. The van der Waals surface area contributed by atoms with Crippen molar-refractivity contribution in [2.75, 3.05) is 13.2 Å². The van der Waals surface area contributed by atoms with Crippen LogP contribution in [-0.4, -0.2) is 64.3 Å². The largest absolute Gasteiger partial charge is 0.456 e. The van der Waals surface area contributed by atoms with Crippen LogP contribution in [-0.2, 0) is 23.9 Å². The summed E-state index contributed by atoms with van der Waals surface area (Å²) < 4.78 is 10.2. The zero-order valence-electron chi connectivity index (χ0n) is 23.2. The fraction of sp³-hybridized carbons (Fsp3) is 0.724. The fourth-order valence-electron chi connectivity index (χ4n) is 7.99. The summed E-state index contributed by atoms with van der Waals surface area (Å²) in [5, 5.41) is 25.6. The number of rotatable bonds is 5. The average molecular weight is 532 g/mol. The molecule has 3 fully saturated rings. The Hall–Kier alpha value is -2.52. The number of ketones is 2. The number of aliphatic hydroxyl groups is 2. The van der Waals surface area contributed by atoms with Gasteiger partial charge >= 0.3 is 12.1 Å². The normalized spacial score (nSPS) is 39.8. The molecule has 9 heteroatoms. The molecular formula is C29H41NO8. The topological polar surface area (TPSA) is 139 Å². The van der Waals surface area contributed by atoms with Crippen molar-refractivity contribution in [3.63, 3.8) is 0 Å². The molecule has 4 aliphatic rings. The van der Waals surface area contributed by atoms with Crippen molar-refractivity contribution in [2.24, 2.45) is 34.5 Å². The van der Waals surface area contributed by atoms with Crippen LogP contribution in [0.4, 0.5) is 4.79 Å². The van der Waals surface area contributed by atoms with Crippen molar-refractivity contribution < 1.29 is 38.9 Å². The Labute approximate surface area is 224 Å². The minimum Gasteiger partial charge on any atom is -0.456 e. The number of esters is 1. The lowest BCUT2D eigenvalue weighted by atomic mass is 9.45. The van der Waals surface area contributed by atoms with Gasteiger partial charge in [-0.2, -0.15) is 0 Å². The van der Waals surface area contributed by atoms with Crippen molar-refractivity contribution in [1.29, 1.82) is 0 Å². The third kappa shape index (κ3) is 4.72. The number of ether oxygens (including phenoxy) is 2. The molecule has 3 N–H and O–H groups in total. The van der Waals surface area contributed by atoms with Gasteiger partial charge in [-0.3, -0.25) is 14.4 Å². The highest BCUT2D eigenvalue weighted by atomic mass is 16.6. The summed E-state index contributed by atoms with van der Waals surface area (Å²) in [5.41, 5.74) is -2.77. The number of alkyl carbamates (subject to hydrolysis) is 1. The Balaban J connectivity index is 1.46. The molecule has 0 aromatic carbocycles. The van der Waals surface area contributed by atoms with E-state index in [9.17, 15) is 29.4 Å². The first-order chi connectivity index (χ1) is 17.5. The van der Waals surface area contributed by atoms with Gasteiger partial charge in [-0.15, -0.1) is 0 Å². The molecule has 4 aliphatic carbocycles. The molecule has 0 heterocycles. The Morgan fingerprint density at radius 1 is 1.21 bits per heavy atom. The summed E-state index contributed by atoms with van der Waals surface area (Å²) in [6.07, 6.45) is 5.50. The number of fused-ring (bicyclic) bond motifs is 5. The van der Waals surface area contributed by atoms with Gasteiger partial charge in [-0.25, -0.2) is 4.79 Å². The molecule has 210 valence electrons. The van der Waals surface area contributed by atoms with E-state index in [1.807, 2.05) is 13.0 Å². The number of aliphatic hydroxyl groups excluding tert-OH is 1. The second-order valence-corrected chi connectivity index (χ2v) is 13.1. The lowest BCUT2D eigenvalue weighted by Crippen LogP contribution is -2.62. The number of carbonyl (C=O) groups is 4. The van der Waals surface area contributed by atoms with Crippen LogP contribution in [0.3, 0.4) is 0 Å². The molecule has 0 aromatic heterocycles. The van der Waals surface area contributed by atoms with Crippen LogP contribution in [0.15, 0.2) is 23.8 Å². The van der Waals surface area contributed by atoms with E-state index in [2.05, 4.69) is 19.2 Å². The van der Waals surface area contributed by atoms with E-state index in [1.54, 1.807) is 32.9 Å². The second kappa shape index (κ2) is 9.59. The maximum atomic E-state index is 13.3. The van der Waals surface area contributed by atoms with Crippen LogP contribution in [0.5, 0.6) is 0 Å². The van der Waals surface area contributed by atoms with E-state index in [4.69, 9.17) is 9.47 Å². The first kappa shape index (κ1) is 28.5. The van der Waals surface area contributed by atoms with E-state index in [0.29, 0.717) is 6.42 Å². The maximum absolute atomic E-state index is 13.3. The third-order valence-electron chi connectivity index (χ3n) is 9.57. The molecule has 9 nitrogen and oxygen atoms in total. The van der Waals surface area contributed by atoms with Crippen molar-refractivity contribution in [3.05, 3.63) is 23.8 Å². The van der Waals surface area contributed by atoms with Crippen LogP contribution >= 0.6 is 0 Å². The minimum atomic E-state index is -1.75. The molecule has 4 rings (SSSR count). The molecule has 1 amide bonds. The Morgan fingerprint density at radius 2 is 1.89 bits per heavy atom. The maximum Gasteiger partial charge on any atom is 0.408 e. The minimum absolute atomic E-state index is 0.0127. The smallest absolute Gasteiger partial charge is 0.408 e. The van der Waals surface area contributed by atoms with Gasteiger partial charge in [-0.05, 0) is 76.4 Å². The molecule has 0 radical (unpaired) electrons. The Bertz CT molecular complexity index is 1090. The summed E-state index contributed by atoms with van der Waals surface area (Å²) in [7, 11) is 0. The van der Waals surface area contributed by atoms with E-state index in [1.165, 1.54) is 0 Å². The SMILES string of the molecule is C[C@H]1C[C@@H]2[C@H]([C@@H](O)C[C@@]3(C)[C@H]2CC[C@]3(O)C(=O)COC(=O)CNC(=O)OC(C)(C)C)[C@@]2(C)C=CC(=O)C=C12. The molecule has 0 bridgehead atoms. The summed E-state index contributed by atoms with van der Waals surface area (Å²) in [6.45, 7) is 10.0. The van der Waals surface area contributed by atoms with Crippen LogP contribution in [0.2, 0.25) is 0 Å². The molecule has 0 unspecified atom stereocenters. The summed E-state index contributed by atoms with van der Waals surface area (Å²) in [5.74, 6) is -1.40. The second-order valence-electron chi connectivity index (χ2n) is 13.1. The monoisotopic (exact) mass is 531 g/mol. The van der Waals surface area contributed by atoms with E-state index in [0.717, 1.165) is 12.0 Å².